The molecule has 5 nitrogen and oxygen atoms in total. The van der Waals surface area contributed by atoms with Gasteiger partial charge in [-0.3, -0.25) is 9.48 Å². The van der Waals surface area contributed by atoms with E-state index in [0.717, 1.165) is 38.6 Å². The van der Waals surface area contributed by atoms with Crippen LogP contribution in [-0.4, -0.2) is 26.4 Å². The Morgan fingerprint density at radius 2 is 2.15 bits per heavy atom. The molecule has 1 aromatic rings. The summed E-state index contributed by atoms with van der Waals surface area (Å²) in [6.07, 6.45) is 8.31. The normalized spacial score (nSPS) is 18.2. The molecule has 1 aromatic heterocycles. The quantitative estimate of drug-likeness (QED) is 0.870. The van der Waals surface area contributed by atoms with E-state index in [9.17, 15) is 9.90 Å². The van der Waals surface area contributed by atoms with E-state index in [0.29, 0.717) is 11.6 Å². The summed E-state index contributed by atoms with van der Waals surface area (Å²) in [6.45, 7) is 5.08. The number of anilines is 1. The predicted octanol–water partition coefficient (Wildman–Crippen LogP) is 2.56. The van der Waals surface area contributed by atoms with Crippen LogP contribution in [0, 0.1) is 5.92 Å². The molecule has 0 unspecified atom stereocenters. The molecule has 112 valence electrons. The highest BCUT2D eigenvalue weighted by molar-refractivity contribution is 5.91. The molecule has 1 heterocycles. The zero-order chi connectivity index (χ0) is 14.6. The molecule has 1 aliphatic carbocycles. The maximum atomic E-state index is 12.0. The molecule has 1 saturated carbocycles. The Hall–Kier alpha value is -1.36. The lowest BCUT2D eigenvalue weighted by molar-refractivity contribution is -0.122. The van der Waals surface area contributed by atoms with Gasteiger partial charge in [-0.1, -0.05) is 33.1 Å². The smallest absolute Gasteiger partial charge is 0.227 e. The van der Waals surface area contributed by atoms with Crippen molar-refractivity contribution in [1.29, 1.82) is 0 Å². The second kappa shape index (κ2) is 6.39. The molecule has 0 aliphatic heterocycles. The minimum Gasteiger partial charge on any atom is -0.389 e. The predicted molar refractivity (Wildman–Crippen MR) is 78.3 cm³/mol. The Balaban J connectivity index is 1.86. The standard InChI is InChI=1S/C15H25N3O2/c1-12(2)10-18-11-13(9-16-18)17-14(19)8-15(20)6-4-3-5-7-15/h9,11-12,20H,3-8,10H2,1-2H3,(H,17,19). The lowest BCUT2D eigenvalue weighted by Crippen LogP contribution is -2.35. The number of amides is 1. The van der Waals surface area contributed by atoms with Crippen molar-refractivity contribution >= 4 is 11.6 Å². The third-order valence-electron chi connectivity index (χ3n) is 3.74. The minimum absolute atomic E-state index is 0.126. The number of hydrogen-bond donors (Lipinski definition) is 2. The first kappa shape index (κ1) is 15.0. The van der Waals surface area contributed by atoms with Crippen LogP contribution < -0.4 is 5.32 Å². The molecule has 20 heavy (non-hydrogen) atoms. The van der Waals surface area contributed by atoms with Gasteiger partial charge in [0.1, 0.15) is 0 Å². The van der Waals surface area contributed by atoms with Gasteiger partial charge in [0.05, 0.1) is 23.9 Å². The number of aromatic nitrogens is 2. The van der Waals surface area contributed by atoms with E-state index >= 15 is 0 Å². The van der Waals surface area contributed by atoms with Crippen LogP contribution >= 0.6 is 0 Å². The number of carbonyl (C=O) groups is 1. The summed E-state index contributed by atoms with van der Waals surface area (Å²) in [5, 5.41) is 17.4. The van der Waals surface area contributed by atoms with Gasteiger partial charge < -0.3 is 10.4 Å². The van der Waals surface area contributed by atoms with Crippen molar-refractivity contribution in [1.82, 2.24) is 9.78 Å². The second-order valence-electron chi connectivity index (χ2n) is 6.35. The van der Waals surface area contributed by atoms with Gasteiger partial charge in [0.25, 0.3) is 0 Å². The van der Waals surface area contributed by atoms with Crippen LogP contribution in [0.5, 0.6) is 0 Å². The molecule has 2 N–H and O–H groups in total. The molecule has 0 atom stereocenters. The van der Waals surface area contributed by atoms with Crippen molar-refractivity contribution in [3.63, 3.8) is 0 Å². The summed E-state index contributed by atoms with van der Waals surface area (Å²) in [7, 11) is 0. The van der Waals surface area contributed by atoms with Crippen molar-refractivity contribution in [3.8, 4) is 0 Å². The topological polar surface area (TPSA) is 67.2 Å². The zero-order valence-electron chi connectivity index (χ0n) is 12.4. The third kappa shape index (κ3) is 4.34. The van der Waals surface area contributed by atoms with E-state index in [1.807, 2.05) is 10.9 Å². The number of rotatable bonds is 5. The van der Waals surface area contributed by atoms with Crippen LogP contribution in [0.4, 0.5) is 5.69 Å². The Morgan fingerprint density at radius 3 is 2.80 bits per heavy atom. The molecular formula is C15H25N3O2. The highest BCUT2D eigenvalue weighted by atomic mass is 16.3. The number of nitrogens with zero attached hydrogens (tertiary/aromatic N) is 2. The summed E-state index contributed by atoms with van der Waals surface area (Å²) < 4.78 is 1.83. The fourth-order valence-electron chi connectivity index (χ4n) is 2.79. The number of carbonyl (C=O) groups excluding carboxylic acids is 1. The SMILES string of the molecule is CC(C)Cn1cc(NC(=O)CC2(O)CCCCC2)cn1. The van der Waals surface area contributed by atoms with Crippen molar-refractivity contribution in [2.24, 2.45) is 5.92 Å². The minimum atomic E-state index is -0.809. The van der Waals surface area contributed by atoms with Crippen LogP contribution in [0.25, 0.3) is 0 Å². The molecular weight excluding hydrogens is 254 g/mol. The van der Waals surface area contributed by atoms with Crippen molar-refractivity contribution in [3.05, 3.63) is 12.4 Å². The zero-order valence-corrected chi connectivity index (χ0v) is 12.4. The molecule has 1 aliphatic rings. The maximum absolute atomic E-state index is 12.0. The van der Waals surface area contributed by atoms with Crippen LogP contribution in [0.2, 0.25) is 0 Å². The Bertz CT molecular complexity index is 448. The summed E-state index contributed by atoms with van der Waals surface area (Å²) in [5.41, 5.74) is -0.106. The van der Waals surface area contributed by atoms with Crippen molar-refractivity contribution < 1.29 is 9.90 Å². The lowest BCUT2D eigenvalue weighted by atomic mass is 9.82. The van der Waals surface area contributed by atoms with Gasteiger partial charge in [-0.25, -0.2) is 0 Å². The van der Waals surface area contributed by atoms with Crippen LogP contribution in [0.1, 0.15) is 52.4 Å². The van der Waals surface area contributed by atoms with Crippen LogP contribution in [-0.2, 0) is 11.3 Å². The second-order valence-corrected chi connectivity index (χ2v) is 6.35. The van der Waals surface area contributed by atoms with Gasteiger partial charge >= 0.3 is 0 Å². The molecule has 2 rings (SSSR count). The Kier molecular flexibility index (Phi) is 4.81. The number of hydrogen-bond acceptors (Lipinski definition) is 3. The molecule has 1 fully saturated rings. The monoisotopic (exact) mass is 279 g/mol. The van der Waals surface area contributed by atoms with E-state index < -0.39 is 5.60 Å². The first-order chi connectivity index (χ1) is 9.47. The molecule has 0 bridgehead atoms. The highest BCUT2D eigenvalue weighted by Gasteiger charge is 2.31. The summed E-state index contributed by atoms with van der Waals surface area (Å²) >= 11 is 0. The first-order valence-corrected chi connectivity index (χ1v) is 7.51. The average Bonchev–Trinajstić information content (AvgIpc) is 2.75. The first-order valence-electron chi connectivity index (χ1n) is 7.51. The third-order valence-corrected chi connectivity index (χ3v) is 3.74. The molecule has 0 aromatic carbocycles. The number of nitrogens with one attached hydrogen (secondary N) is 1. The maximum Gasteiger partial charge on any atom is 0.227 e. The van der Waals surface area contributed by atoms with Gasteiger partial charge in [-0.2, -0.15) is 5.10 Å². The van der Waals surface area contributed by atoms with Gasteiger partial charge in [0.15, 0.2) is 0 Å². The van der Waals surface area contributed by atoms with Crippen LogP contribution in [0.15, 0.2) is 12.4 Å². The molecule has 0 radical (unpaired) electrons. The Morgan fingerprint density at radius 1 is 1.45 bits per heavy atom. The van der Waals surface area contributed by atoms with E-state index in [-0.39, 0.29) is 12.3 Å². The van der Waals surface area contributed by atoms with Gasteiger partial charge in [0, 0.05) is 12.7 Å². The van der Waals surface area contributed by atoms with Crippen LogP contribution in [0.3, 0.4) is 0 Å². The van der Waals surface area contributed by atoms with Crippen molar-refractivity contribution in [2.75, 3.05) is 5.32 Å². The largest absolute Gasteiger partial charge is 0.389 e. The molecule has 5 heteroatoms. The molecule has 1 amide bonds. The average molecular weight is 279 g/mol. The summed E-state index contributed by atoms with van der Waals surface area (Å²) in [5.74, 6) is 0.389. The van der Waals surface area contributed by atoms with E-state index in [1.165, 1.54) is 0 Å². The molecule has 0 spiro atoms. The van der Waals surface area contributed by atoms with E-state index in [1.54, 1.807) is 6.20 Å². The lowest BCUT2D eigenvalue weighted by Gasteiger charge is -2.31. The fourth-order valence-corrected chi connectivity index (χ4v) is 2.79. The van der Waals surface area contributed by atoms with Gasteiger partial charge in [0.2, 0.25) is 5.91 Å². The molecule has 0 saturated heterocycles. The van der Waals surface area contributed by atoms with Gasteiger partial charge in [-0.15, -0.1) is 0 Å². The fraction of sp³-hybridized carbons (Fsp3) is 0.733. The highest BCUT2D eigenvalue weighted by Crippen LogP contribution is 2.31. The number of aliphatic hydroxyl groups is 1. The summed E-state index contributed by atoms with van der Waals surface area (Å²) in [4.78, 5) is 12.0. The van der Waals surface area contributed by atoms with Gasteiger partial charge in [-0.05, 0) is 18.8 Å². The van der Waals surface area contributed by atoms with Crippen molar-refractivity contribution in [2.45, 2.75) is 64.5 Å². The Labute approximate surface area is 120 Å². The van der Waals surface area contributed by atoms with E-state index in [4.69, 9.17) is 0 Å². The summed E-state index contributed by atoms with van der Waals surface area (Å²) in [6, 6.07) is 0. The van der Waals surface area contributed by atoms with E-state index in [2.05, 4.69) is 24.3 Å².